The van der Waals surface area contributed by atoms with Crippen LogP contribution in [0.4, 0.5) is 0 Å². The zero-order chi connectivity index (χ0) is 21.1. The van der Waals surface area contributed by atoms with Gasteiger partial charge in [-0.2, -0.15) is 0 Å². The fraction of sp³-hybridized carbons (Fsp3) is 0.208. The van der Waals surface area contributed by atoms with Crippen LogP contribution in [0, 0.1) is 20.8 Å². The predicted molar refractivity (Wildman–Crippen MR) is 119 cm³/mol. The van der Waals surface area contributed by atoms with E-state index in [1.165, 1.54) is 11.8 Å². The minimum Gasteiger partial charge on any atom is -0.469 e. The molecule has 0 radical (unpaired) electrons. The number of hydrogen-bond donors (Lipinski definition) is 0. The maximum absolute atomic E-state index is 12.9. The number of nitrogens with zero attached hydrogens (tertiary/aromatic N) is 3. The van der Waals surface area contributed by atoms with Crippen LogP contribution in [0.5, 0.6) is 0 Å². The van der Waals surface area contributed by atoms with Crippen LogP contribution in [0.3, 0.4) is 0 Å². The Balaban J connectivity index is 1.63. The SMILES string of the molecule is Cc1ccc(C)c(C(=O)CSc2nnc(-c3ccoc3C)n2Cc2ccccc2)c1. The van der Waals surface area contributed by atoms with Crippen molar-refractivity contribution >= 4 is 17.5 Å². The average molecular weight is 418 g/mol. The summed E-state index contributed by atoms with van der Waals surface area (Å²) in [5.41, 5.74) is 4.89. The molecular formula is C24H23N3O2S. The highest BCUT2D eigenvalue weighted by atomic mass is 32.2. The van der Waals surface area contributed by atoms with Crippen molar-refractivity contribution in [1.82, 2.24) is 14.8 Å². The van der Waals surface area contributed by atoms with Gasteiger partial charge in [0.2, 0.25) is 0 Å². The third-order valence-electron chi connectivity index (χ3n) is 5.03. The molecule has 30 heavy (non-hydrogen) atoms. The Hall–Kier alpha value is -3.12. The number of ketones is 1. The highest BCUT2D eigenvalue weighted by Crippen LogP contribution is 2.28. The topological polar surface area (TPSA) is 60.9 Å². The van der Waals surface area contributed by atoms with E-state index in [2.05, 4.69) is 22.3 Å². The van der Waals surface area contributed by atoms with Crippen LogP contribution in [0.2, 0.25) is 0 Å². The molecule has 0 amide bonds. The Kier molecular flexibility index (Phi) is 5.86. The standard InChI is InChI=1S/C24H23N3O2S/c1-16-9-10-17(2)21(13-16)22(28)15-30-24-26-25-23(20-11-12-29-18(20)3)27(24)14-19-7-5-4-6-8-19/h4-13H,14-15H2,1-3H3. The van der Waals surface area contributed by atoms with Crippen molar-refractivity contribution in [2.24, 2.45) is 0 Å². The van der Waals surface area contributed by atoms with Gasteiger partial charge in [-0.15, -0.1) is 10.2 Å². The van der Waals surface area contributed by atoms with Crippen molar-refractivity contribution in [3.05, 3.63) is 88.9 Å². The van der Waals surface area contributed by atoms with Crippen LogP contribution in [0.1, 0.15) is 32.8 Å². The second-order valence-corrected chi connectivity index (χ2v) is 8.24. The maximum Gasteiger partial charge on any atom is 0.192 e. The van der Waals surface area contributed by atoms with Crippen LogP contribution < -0.4 is 0 Å². The lowest BCUT2D eigenvalue weighted by Crippen LogP contribution is -2.08. The zero-order valence-electron chi connectivity index (χ0n) is 17.3. The first-order valence-corrected chi connectivity index (χ1v) is 10.8. The first-order chi connectivity index (χ1) is 14.5. The highest BCUT2D eigenvalue weighted by molar-refractivity contribution is 7.99. The molecule has 0 fully saturated rings. The van der Waals surface area contributed by atoms with Crippen LogP contribution in [0.15, 0.2) is 70.4 Å². The average Bonchev–Trinajstić information content (AvgIpc) is 3.34. The molecule has 0 unspecified atom stereocenters. The van der Waals surface area contributed by atoms with E-state index < -0.39 is 0 Å². The van der Waals surface area contributed by atoms with Gasteiger partial charge in [-0.3, -0.25) is 9.36 Å². The summed E-state index contributed by atoms with van der Waals surface area (Å²) in [6.45, 7) is 6.50. The fourth-order valence-corrected chi connectivity index (χ4v) is 4.19. The molecule has 0 saturated heterocycles. The third-order valence-corrected chi connectivity index (χ3v) is 5.99. The Morgan fingerprint density at radius 1 is 1.03 bits per heavy atom. The molecule has 2 heterocycles. The Bertz CT molecular complexity index is 1180. The minimum atomic E-state index is 0.0940. The molecule has 0 aliphatic rings. The molecule has 0 spiro atoms. The zero-order valence-corrected chi connectivity index (χ0v) is 18.1. The number of thioether (sulfide) groups is 1. The number of carbonyl (C=O) groups is 1. The number of aryl methyl sites for hydroxylation is 3. The summed E-state index contributed by atoms with van der Waals surface area (Å²) in [5, 5.41) is 9.53. The molecule has 2 aromatic carbocycles. The summed E-state index contributed by atoms with van der Waals surface area (Å²) in [6, 6.07) is 18.0. The number of Topliss-reactive ketones (excluding diaryl/α,β-unsaturated/α-hetero) is 1. The summed E-state index contributed by atoms with van der Waals surface area (Å²) in [4.78, 5) is 12.9. The van der Waals surface area contributed by atoms with Crippen LogP contribution in [0.25, 0.3) is 11.4 Å². The lowest BCUT2D eigenvalue weighted by atomic mass is 10.0. The Morgan fingerprint density at radius 2 is 1.83 bits per heavy atom. The molecule has 6 heteroatoms. The van der Waals surface area contributed by atoms with Gasteiger partial charge in [0, 0.05) is 5.56 Å². The number of carbonyl (C=O) groups excluding carboxylic acids is 1. The number of rotatable bonds is 7. The van der Waals surface area contributed by atoms with Gasteiger partial charge in [0.05, 0.1) is 24.1 Å². The molecule has 4 rings (SSSR count). The molecule has 0 atom stereocenters. The van der Waals surface area contributed by atoms with Crippen LogP contribution >= 0.6 is 11.8 Å². The van der Waals surface area contributed by atoms with Gasteiger partial charge in [-0.25, -0.2) is 0 Å². The first-order valence-electron chi connectivity index (χ1n) is 9.78. The summed E-state index contributed by atoms with van der Waals surface area (Å²) >= 11 is 1.42. The molecule has 5 nitrogen and oxygen atoms in total. The minimum absolute atomic E-state index is 0.0940. The van der Waals surface area contributed by atoms with Crippen molar-refractivity contribution in [3.63, 3.8) is 0 Å². The van der Waals surface area contributed by atoms with Crippen molar-refractivity contribution in [1.29, 1.82) is 0 Å². The number of benzene rings is 2. The highest BCUT2D eigenvalue weighted by Gasteiger charge is 2.19. The van der Waals surface area contributed by atoms with E-state index in [9.17, 15) is 4.79 Å². The largest absolute Gasteiger partial charge is 0.469 e. The fourth-order valence-electron chi connectivity index (χ4n) is 3.36. The lowest BCUT2D eigenvalue weighted by molar-refractivity contribution is 0.102. The number of hydrogen-bond acceptors (Lipinski definition) is 5. The maximum atomic E-state index is 12.9. The monoisotopic (exact) mass is 417 g/mol. The predicted octanol–water partition coefficient (Wildman–Crippen LogP) is 5.49. The van der Waals surface area contributed by atoms with Gasteiger partial charge in [0.25, 0.3) is 0 Å². The summed E-state index contributed by atoms with van der Waals surface area (Å²) < 4.78 is 7.52. The molecule has 0 N–H and O–H groups in total. The molecule has 0 aliphatic heterocycles. The van der Waals surface area contributed by atoms with Gasteiger partial charge >= 0.3 is 0 Å². The van der Waals surface area contributed by atoms with Gasteiger partial charge in [0.15, 0.2) is 16.8 Å². The van der Waals surface area contributed by atoms with Gasteiger partial charge in [-0.05, 0) is 44.0 Å². The van der Waals surface area contributed by atoms with E-state index in [1.54, 1.807) is 6.26 Å². The third kappa shape index (κ3) is 4.24. The van der Waals surface area contributed by atoms with Crippen LogP contribution in [-0.2, 0) is 6.54 Å². The van der Waals surface area contributed by atoms with Gasteiger partial charge in [-0.1, -0.05) is 59.8 Å². The van der Waals surface area contributed by atoms with E-state index in [0.717, 1.165) is 39.4 Å². The Morgan fingerprint density at radius 3 is 2.57 bits per heavy atom. The first kappa shape index (κ1) is 20.2. The van der Waals surface area contributed by atoms with Gasteiger partial charge < -0.3 is 4.42 Å². The molecule has 2 aromatic heterocycles. The summed E-state index contributed by atoms with van der Waals surface area (Å²) in [6.07, 6.45) is 1.66. The summed E-state index contributed by atoms with van der Waals surface area (Å²) in [5.74, 6) is 1.93. The van der Waals surface area contributed by atoms with E-state index >= 15 is 0 Å². The second-order valence-electron chi connectivity index (χ2n) is 7.30. The molecular weight excluding hydrogens is 394 g/mol. The van der Waals surface area contributed by atoms with Crippen molar-refractivity contribution in [2.75, 3.05) is 5.75 Å². The van der Waals surface area contributed by atoms with Crippen molar-refractivity contribution in [3.8, 4) is 11.4 Å². The van der Waals surface area contributed by atoms with E-state index in [4.69, 9.17) is 4.42 Å². The molecule has 0 bridgehead atoms. The van der Waals surface area contributed by atoms with Gasteiger partial charge in [0.1, 0.15) is 5.76 Å². The lowest BCUT2D eigenvalue weighted by Gasteiger charge is -2.10. The summed E-state index contributed by atoms with van der Waals surface area (Å²) in [7, 11) is 0. The van der Waals surface area contributed by atoms with Crippen molar-refractivity contribution < 1.29 is 9.21 Å². The quantitative estimate of drug-likeness (QED) is 0.294. The smallest absolute Gasteiger partial charge is 0.192 e. The molecule has 0 aliphatic carbocycles. The molecule has 4 aromatic rings. The normalized spacial score (nSPS) is 11.0. The number of aromatic nitrogens is 3. The van der Waals surface area contributed by atoms with Crippen molar-refractivity contribution in [2.45, 2.75) is 32.5 Å². The van der Waals surface area contributed by atoms with E-state index in [0.29, 0.717) is 17.5 Å². The van der Waals surface area contributed by atoms with E-state index in [1.807, 2.05) is 67.8 Å². The number of furan rings is 1. The molecule has 152 valence electrons. The van der Waals surface area contributed by atoms with Crippen LogP contribution in [-0.4, -0.2) is 26.3 Å². The second kappa shape index (κ2) is 8.71. The van der Waals surface area contributed by atoms with E-state index in [-0.39, 0.29) is 5.78 Å². The Labute approximate surface area is 180 Å². The molecule has 0 saturated carbocycles.